The minimum absolute atomic E-state index is 0.160. The van der Waals surface area contributed by atoms with Crippen molar-refractivity contribution in [3.63, 3.8) is 0 Å². The van der Waals surface area contributed by atoms with Crippen molar-refractivity contribution in [1.29, 1.82) is 0 Å². The first-order chi connectivity index (χ1) is 14.7. The van der Waals surface area contributed by atoms with Crippen LogP contribution in [-0.2, 0) is 17.9 Å². The molecule has 0 aliphatic rings. The lowest BCUT2D eigenvalue weighted by Gasteiger charge is -2.04. The van der Waals surface area contributed by atoms with Crippen LogP contribution >= 0.6 is 0 Å². The third-order valence-corrected chi connectivity index (χ3v) is 4.43. The molecule has 0 aromatic heterocycles. The number of rotatable bonds is 11. The summed E-state index contributed by atoms with van der Waals surface area (Å²) in [5.74, 6) is 0.160. The molecule has 1 amide bonds. The van der Waals surface area contributed by atoms with Crippen molar-refractivity contribution >= 4 is 5.91 Å². The average molecular weight is 415 g/mol. The van der Waals surface area contributed by atoms with Crippen LogP contribution in [0.15, 0.2) is 60.7 Å². The monoisotopic (exact) mass is 414 g/mol. The Morgan fingerprint density at radius 3 is 1.80 bits per heavy atom. The number of aliphatic hydroxyl groups is 1. The molecule has 30 heavy (non-hydrogen) atoms. The molecule has 2 rings (SSSR count). The molecule has 0 radical (unpaired) electrons. The summed E-state index contributed by atoms with van der Waals surface area (Å²) in [5, 5.41) is 11.2. The fourth-order valence-electron chi connectivity index (χ4n) is 2.57. The molecule has 2 aromatic carbocycles. The second kappa shape index (κ2) is 21.5. The van der Waals surface area contributed by atoms with E-state index in [4.69, 9.17) is 10.8 Å². The molecule has 4 nitrogen and oxygen atoms in total. The average Bonchev–Trinajstić information content (AvgIpc) is 2.80. The van der Waals surface area contributed by atoms with Gasteiger partial charge < -0.3 is 16.2 Å². The largest absolute Gasteiger partial charge is 0.396 e. The van der Waals surface area contributed by atoms with Crippen LogP contribution in [0.2, 0.25) is 0 Å². The predicted octanol–water partition coefficient (Wildman–Crippen LogP) is 5.59. The smallest absolute Gasteiger partial charge is 0.220 e. The summed E-state index contributed by atoms with van der Waals surface area (Å²) in [4.78, 5) is 11.4. The van der Waals surface area contributed by atoms with Gasteiger partial charge in [-0.05, 0) is 24.0 Å². The van der Waals surface area contributed by atoms with E-state index >= 15 is 0 Å². The maximum Gasteiger partial charge on any atom is 0.220 e. The van der Waals surface area contributed by atoms with E-state index in [0.29, 0.717) is 26.1 Å². The zero-order valence-corrected chi connectivity index (χ0v) is 19.0. The van der Waals surface area contributed by atoms with Crippen molar-refractivity contribution in [2.24, 2.45) is 5.73 Å². The van der Waals surface area contributed by atoms with Gasteiger partial charge in [0.1, 0.15) is 0 Å². The molecule has 0 spiro atoms. The molecule has 0 unspecified atom stereocenters. The van der Waals surface area contributed by atoms with Gasteiger partial charge in [0.2, 0.25) is 5.91 Å². The van der Waals surface area contributed by atoms with Gasteiger partial charge in [-0.2, -0.15) is 0 Å². The van der Waals surface area contributed by atoms with Crippen molar-refractivity contribution in [3.8, 4) is 0 Å². The molecule has 2 aromatic rings. The molecule has 0 saturated heterocycles. The van der Waals surface area contributed by atoms with E-state index < -0.39 is 0 Å². The molecule has 4 heteroatoms. The number of nitrogens with two attached hydrogens (primary N) is 1. The summed E-state index contributed by atoms with van der Waals surface area (Å²) in [6, 6.07) is 20.0. The Balaban J connectivity index is 0.000000471. The second-order valence-corrected chi connectivity index (χ2v) is 7.19. The molecule has 0 saturated carbocycles. The van der Waals surface area contributed by atoms with Crippen LogP contribution in [0.5, 0.6) is 0 Å². The molecule has 0 aliphatic heterocycles. The number of hydrogen-bond donors (Lipinski definition) is 3. The highest BCUT2D eigenvalue weighted by Crippen LogP contribution is 2.01. The van der Waals surface area contributed by atoms with Gasteiger partial charge in [0.05, 0.1) is 0 Å². The SMILES string of the molecule is CCCCCC(=O)NCc1ccccc1.CCCCCCO.NCc1ccccc1. The zero-order valence-electron chi connectivity index (χ0n) is 19.0. The third kappa shape index (κ3) is 17.9. The van der Waals surface area contributed by atoms with E-state index in [9.17, 15) is 4.79 Å². The van der Waals surface area contributed by atoms with Crippen molar-refractivity contribution < 1.29 is 9.90 Å². The van der Waals surface area contributed by atoms with E-state index in [1.54, 1.807) is 0 Å². The summed E-state index contributed by atoms with van der Waals surface area (Å²) >= 11 is 0. The molecule has 168 valence electrons. The summed E-state index contributed by atoms with van der Waals surface area (Å²) in [5.41, 5.74) is 7.69. The topological polar surface area (TPSA) is 75.3 Å². The summed E-state index contributed by atoms with van der Waals surface area (Å²) in [6.45, 7) is 5.95. The van der Waals surface area contributed by atoms with Gasteiger partial charge in [0, 0.05) is 26.1 Å². The summed E-state index contributed by atoms with van der Waals surface area (Å²) in [7, 11) is 0. The van der Waals surface area contributed by atoms with E-state index in [2.05, 4.69) is 19.2 Å². The van der Waals surface area contributed by atoms with Gasteiger partial charge in [0.15, 0.2) is 0 Å². The Kier molecular flexibility index (Phi) is 20.0. The molecule has 0 atom stereocenters. The van der Waals surface area contributed by atoms with Crippen LogP contribution in [0, 0.1) is 0 Å². The lowest BCUT2D eigenvalue weighted by molar-refractivity contribution is -0.121. The van der Waals surface area contributed by atoms with Crippen molar-refractivity contribution in [1.82, 2.24) is 5.32 Å². The van der Waals surface area contributed by atoms with Gasteiger partial charge >= 0.3 is 0 Å². The van der Waals surface area contributed by atoms with Crippen LogP contribution < -0.4 is 11.1 Å². The zero-order chi connectivity index (χ0) is 22.3. The normalized spacial score (nSPS) is 9.60. The van der Waals surface area contributed by atoms with Crippen molar-refractivity contribution in [2.75, 3.05) is 6.61 Å². The lowest BCUT2D eigenvalue weighted by Crippen LogP contribution is -2.22. The highest BCUT2D eigenvalue weighted by molar-refractivity contribution is 5.75. The maximum absolute atomic E-state index is 11.4. The molecule has 0 bridgehead atoms. The van der Waals surface area contributed by atoms with Gasteiger partial charge in [-0.25, -0.2) is 0 Å². The van der Waals surface area contributed by atoms with Crippen LogP contribution in [0.3, 0.4) is 0 Å². The summed E-state index contributed by atoms with van der Waals surface area (Å²) < 4.78 is 0. The third-order valence-electron chi connectivity index (χ3n) is 4.43. The minimum Gasteiger partial charge on any atom is -0.396 e. The molecule has 0 heterocycles. The second-order valence-electron chi connectivity index (χ2n) is 7.19. The predicted molar refractivity (Wildman–Crippen MR) is 128 cm³/mol. The number of unbranched alkanes of at least 4 members (excludes halogenated alkanes) is 5. The Morgan fingerprint density at radius 2 is 1.33 bits per heavy atom. The Hall–Kier alpha value is -2.17. The van der Waals surface area contributed by atoms with Gasteiger partial charge in [-0.1, -0.05) is 107 Å². The number of nitrogens with one attached hydrogen (secondary N) is 1. The maximum atomic E-state index is 11.4. The first-order valence-electron chi connectivity index (χ1n) is 11.3. The Labute approximate surface area is 183 Å². The Morgan fingerprint density at radius 1 is 0.800 bits per heavy atom. The lowest BCUT2D eigenvalue weighted by atomic mass is 10.2. The van der Waals surface area contributed by atoms with E-state index in [1.165, 1.54) is 24.8 Å². The molecule has 0 aliphatic carbocycles. The Bertz CT molecular complexity index is 599. The molecular formula is C26H42N2O2. The first-order valence-corrected chi connectivity index (χ1v) is 11.3. The van der Waals surface area contributed by atoms with Crippen molar-refractivity contribution in [2.45, 2.75) is 78.3 Å². The number of hydrogen-bond acceptors (Lipinski definition) is 3. The first kappa shape index (κ1) is 27.8. The van der Waals surface area contributed by atoms with Crippen molar-refractivity contribution in [3.05, 3.63) is 71.8 Å². The molecular weight excluding hydrogens is 372 g/mol. The van der Waals surface area contributed by atoms with Crippen LogP contribution in [-0.4, -0.2) is 17.6 Å². The number of amides is 1. The van der Waals surface area contributed by atoms with Crippen LogP contribution in [0.25, 0.3) is 0 Å². The van der Waals surface area contributed by atoms with E-state index in [0.717, 1.165) is 31.2 Å². The van der Waals surface area contributed by atoms with Gasteiger partial charge in [-0.3, -0.25) is 4.79 Å². The fraction of sp³-hybridized carbons (Fsp3) is 0.500. The fourth-order valence-corrected chi connectivity index (χ4v) is 2.57. The minimum atomic E-state index is 0.160. The quantitative estimate of drug-likeness (QED) is 0.420. The highest BCUT2D eigenvalue weighted by atomic mass is 16.2. The van der Waals surface area contributed by atoms with Gasteiger partial charge in [0.25, 0.3) is 0 Å². The summed E-state index contributed by atoms with van der Waals surface area (Å²) in [6.07, 6.45) is 8.63. The standard InChI is InChI=1S/C13H19NO.C7H9N.C6H14O/c1-2-3-5-10-13(15)14-11-12-8-6-4-7-9-12;8-6-7-4-2-1-3-5-7;1-2-3-4-5-6-7/h4,6-9H,2-3,5,10-11H2,1H3,(H,14,15);1-5H,6,8H2;7H,2-6H2,1H3. The number of benzene rings is 2. The number of aliphatic hydroxyl groups excluding tert-OH is 1. The van der Waals surface area contributed by atoms with E-state index in [1.807, 2.05) is 60.7 Å². The van der Waals surface area contributed by atoms with Crippen LogP contribution in [0.1, 0.15) is 76.3 Å². The number of carbonyl (C=O) groups is 1. The molecule has 0 fully saturated rings. The van der Waals surface area contributed by atoms with Gasteiger partial charge in [-0.15, -0.1) is 0 Å². The molecule has 4 N–H and O–H groups in total. The highest BCUT2D eigenvalue weighted by Gasteiger charge is 1.99. The van der Waals surface area contributed by atoms with E-state index in [-0.39, 0.29) is 5.91 Å². The number of carbonyl (C=O) groups excluding carboxylic acids is 1. The van der Waals surface area contributed by atoms with Crippen LogP contribution in [0.4, 0.5) is 0 Å².